The first-order valence-corrected chi connectivity index (χ1v) is 7.67. The van der Waals surface area contributed by atoms with Crippen LogP contribution in [0.15, 0.2) is 22.7 Å². The maximum absolute atomic E-state index is 5.94. The van der Waals surface area contributed by atoms with E-state index in [1.54, 1.807) is 0 Å². The van der Waals surface area contributed by atoms with Crippen LogP contribution >= 0.6 is 15.9 Å². The summed E-state index contributed by atoms with van der Waals surface area (Å²) in [6, 6.07) is 6.77. The van der Waals surface area contributed by atoms with Crippen LogP contribution in [0, 0.1) is 0 Å². The minimum Gasteiger partial charge on any atom is -0.488 e. The third kappa shape index (κ3) is 4.48. The maximum atomic E-state index is 5.94. The summed E-state index contributed by atoms with van der Waals surface area (Å²) in [7, 11) is 4.22. The third-order valence-electron chi connectivity index (χ3n) is 3.47. The lowest BCUT2D eigenvalue weighted by Crippen LogP contribution is -2.37. The molecule has 0 saturated heterocycles. The summed E-state index contributed by atoms with van der Waals surface area (Å²) in [6.45, 7) is 4.27. The summed E-state index contributed by atoms with van der Waals surface area (Å²) in [5, 5.41) is 3.57. The van der Waals surface area contributed by atoms with Crippen LogP contribution in [-0.4, -0.2) is 44.2 Å². The molecule has 2 atom stereocenters. The SMILES string of the molecule is CC(CCN(C)C)NCC1Cc2cc(Br)ccc2O1. The number of benzene rings is 1. The standard InChI is InChI=1S/C15H23BrN2O/c1-11(6-7-18(2)3)17-10-14-9-12-8-13(16)4-5-15(12)19-14/h4-5,8,11,14,17H,6-7,9-10H2,1-3H3. The Balaban J connectivity index is 1.75. The van der Waals surface area contributed by atoms with Gasteiger partial charge in [0, 0.05) is 23.5 Å². The molecule has 0 spiro atoms. The van der Waals surface area contributed by atoms with E-state index >= 15 is 0 Å². The molecule has 1 aromatic rings. The van der Waals surface area contributed by atoms with Crippen molar-refractivity contribution in [3.05, 3.63) is 28.2 Å². The molecule has 0 aliphatic carbocycles. The van der Waals surface area contributed by atoms with E-state index < -0.39 is 0 Å². The van der Waals surface area contributed by atoms with Crippen LogP contribution in [-0.2, 0) is 6.42 Å². The molecule has 3 nitrogen and oxygen atoms in total. The Labute approximate surface area is 124 Å². The Morgan fingerprint density at radius 2 is 2.26 bits per heavy atom. The van der Waals surface area contributed by atoms with Crippen molar-refractivity contribution in [3.8, 4) is 5.75 Å². The fourth-order valence-corrected chi connectivity index (χ4v) is 2.70. The van der Waals surface area contributed by atoms with Gasteiger partial charge in [-0.2, -0.15) is 0 Å². The van der Waals surface area contributed by atoms with Crippen molar-refractivity contribution in [2.75, 3.05) is 27.2 Å². The van der Waals surface area contributed by atoms with Crippen molar-refractivity contribution in [2.45, 2.75) is 31.9 Å². The topological polar surface area (TPSA) is 24.5 Å². The summed E-state index contributed by atoms with van der Waals surface area (Å²) < 4.78 is 7.07. The second-order valence-electron chi connectivity index (χ2n) is 5.60. The van der Waals surface area contributed by atoms with Crippen LogP contribution in [0.5, 0.6) is 5.75 Å². The molecule has 4 heteroatoms. The molecule has 0 aromatic heterocycles. The zero-order chi connectivity index (χ0) is 13.8. The molecule has 1 heterocycles. The molecule has 1 aliphatic heterocycles. The molecule has 0 saturated carbocycles. The minimum atomic E-state index is 0.270. The van der Waals surface area contributed by atoms with Gasteiger partial charge in [0.15, 0.2) is 0 Å². The molecule has 0 bridgehead atoms. The highest BCUT2D eigenvalue weighted by Crippen LogP contribution is 2.30. The van der Waals surface area contributed by atoms with Gasteiger partial charge in [0.1, 0.15) is 11.9 Å². The van der Waals surface area contributed by atoms with Gasteiger partial charge in [-0.3, -0.25) is 0 Å². The first-order valence-electron chi connectivity index (χ1n) is 6.88. The van der Waals surface area contributed by atoms with Crippen LogP contribution in [0.25, 0.3) is 0 Å². The molecule has 19 heavy (non-hydrogen) atoms. The second kappa shape index (κ2) is 6.73. The van der Waals surface area contributed by atoms with Gasteiger partial charge in [0.05, 0.1) is 0 Å². The van der Waals surface area contributed by atoms with Gasteiger partial charge in [-0.05, 0) is 57.7 Å². The van der Waals surface area contributed by atoms with E-state index in [4.69, 9.17) is 4.74 Å². The average Bonchev–Trinajstić information content (AvgIpc) is 2.75. The fraction of sp³-hybridized carbons (Fsp3) is 0.600. The van der Waals surface area contributed by atoms with Crippen molar-refractivity contribution >= 4 is 15.9 Å². The maximum Gasteiger partial charge on any atom is 0.123 e. The summed E-state index contributed by atoms with van der Waals surface area (Å²) >= 11 is 3.51. The zero-order valence-corrected chi connectivity index (χ0v) is 13.5. The number of nitrogens with zero attached hydrogens (tertiary/aromatic N) is 1. The van der Waals surface area contributed by atoms with Crippen molar-refractivity contribution in [3.63, 3.8) is 0 Å². The van der Waals surface area contributed by atoms with Crippen LogP contribution in [0.4, 0.5) is 0 Å². The number of fused-ring (bicyclic) bond motifs is 1. The van der Waals surface area contributed by atoms with E-state index in [0.717, 1.165) is 36.2 Å². The first-order chi connectivity index (χ1) is 9.04. The normalized spacial score (nSPS) is 19.3. The van der Waals surface area contributed by atoms with E-state index in [-0.39, 0.29) is 6.10 Å². The fourth-order valence-electron chi connectivity index (χ4n) is 2.29. The quantitative estimate of drug-likeness (QED) is 0.869. The molecule has 0 fully saturated rings. The van der Waals surface area contributed by atoms with Gasteiger partial charge in [0.2, 0.25) is 0 Å². The number of hydrogen-bond donors (Lipinski definition) is 1. The van der Waals surface area contributed by atoms with Gasteiger partial charge in [-0.1, -0.05) is 15.9 Å². The number of ether oxygens (including phenoxy) is 1. The average molecular weight is 327 g/mol. The first kappa shape index (κ1) is 14.8. The lowest BCUT2D eigenvalue weighted by molar-refractivity contribution is 0.219. The van der Waals surface area contributed by atoms with Crippen LogP contribution in [0.1, 0.15) is 18.9 Å². The number of hydrogen-bond acceptors (Lipinski definition) is 3. The summed E-state index contributed by atoms with van der Waals surface area (Å²) in [6.07, 6.45) is 2.44. The molecule has 0 radical (unpaired) electrons. The van der Waals surface area contributed by atoms with Gasteiger partial charge < -0.3 is 15.0 Å². The molecule has 1 aromatic carbocycles. The molecular weight excluding hydrogens is 304 g/mol. The second-order valence-corrected chi connectivity index (χ2v) is 6.51. The summed E-state index contributed by atoms with van der Waals surface area (Å²) in [5.41, 5.74) is 1.31. The van der Waals surface area contributed by atoms with E-state index in [2.05, 4.69) is 59.3 Å². The van der Waals surface area contributed by atoms with Gasteiger partial charge in [-0.25, -0.2) is 0 Å². The Bertz CT molecular complexity index is 423. The minimum absolute atomic E-state index is 0.270. The highest BCUT2D eigenvalue weighted by atomic mass is 79.9. The lowest BCUT2D eigenvalue weighted by atomic mass is 10.1. The molecule has 1 N–H and O–H groups in total. The van der Waals surface area contributed by atoms with E-state index in [1.807, 2.05) is 6.07 Å². The predicted octanol–water partition coefficient (Wildman–Crippen LogP) is 2.68. The van der Waals surface area contributed by atoms with Crippen molar-refractivity contribution in [1.82, 2.24) is 10.2 Å². The largest absolute Gasteiger partial charge is 0.488 e. The van der Waals surface area contributed by atoms with Crippen LogP contribution in [0.2, 0.25) is 0 Å². The molecular formula is C15H23BrN2O. The third-order valence-corrected chi connectivity index (χ3v) is 3.96. The molecule has 0 amide bonds. The number of rotatable bonds is 6. The summed E-state index contributed by atoms with van der Waals surface area (Å²) in [4.78, 5) is 2.22. The molecule has 2 rings (SSSR count). The number of nitrogens with one attached hydrogen (secondary N) is 1. The molecule has 2 unspecified atom stereocenters. The molecule has 1 aliphatic rings. The smallest absolute Gasteiger partial charge is 0.123 e. The Hall–Kier alpha value is -0.580. The highest BCUT2D eigenvalue weighted by molar-refractivity contribution is 9.10. The van der Waals surface area contributed by atoms with Crippen molar-refractivity contribution in [2.24, 2.45) is 0 Å². The number of halogens is 1. The van der Waals surface area contributed by atoms with E-state index in [0.29, 0.717) is 6.04 Å². The predicted molar refractivity (Wildman–Crippen MR) is 82.9 cm³/mol. The van der Waals surface area contributed by atoms with Crippen LogP contribution < -0.4 is 10.1 Å². The van der Waals surface area contributed by atoms with Crippen molar-refractivity contribution < 1.29 is 4.74 Å². The van der Waals surface area contributed by atoms with Gasteiger partial charge in [-0.15, -0.1) is 0 Å². The molecule has 106 valence electrons. The van der Waals surface area contributed by atoms with Crippen molar-refractivity contribution in [1.29, 1.82) is 0 Å². The Morgan fingerprint density at radius 3 is 3.00 bits per heavy atom. The lowest BCUT2D eigenvalue weighted by Gasteiger charge is -2.19. The van der Waals surface area contributed by atoms with Crippen LogP contribution in [0.3, 0.4) is 0 Å². The Morgan fingerprint density at radius 1 is 1.47 bits per heavy atom. The van der Waals surface area contributed by atoms with Gasteiger partial charge in [0.25, 0.3) is 0 Å². The monoisotopic (exact) mass is 326 g/mol. The van der Waals surface area contributed by atoms with Gasteiger partial charge >= 0.3 is 0 Å². The zero-order valence-electron chi connectivity index (χ0n) is 11.9. The van der Waals surface area contributed by atoms with E-state index in [1.165, 1.54) is 5.56 Å². The highest BCUT2D eigenvalue weighted by Gasteiger charge is 2.22. The van der Waals surface area contributed by atoms with E-state index in [9.17, 15) is 0 Å². The summed E-state index contributed by atoms with van der Waals surface area (Å²) in [5.74, 6) is 1.04. The Kier molecular flexibility index (Phi) is 5.25.